The minimum atomic E-state index is -0.517. The Kier molecular flexibility index (Phi) is 6.91. The maximum Gasteiger partial charge on any atom is 0.337 e. The Morgan fingerprint density at radius 3 is 2.65 bits per heavy atom. The Labute approximate surface area is 157 Å². The van der Waals surface area contributed by atoms with Crippen molar-refractivity contribution >= 4 is 35.0 Å². The molecule has 0 bridgehead atoms. The second kappa shape index (κ2) is 9.15. The second-order valence-electron chi connectivity index (χ2n) is 5.68. The number of rotatable bonds is 7. The zero-order valence-electron chi connectivity index (χ0n) is 15.0. The van der Waals surface area contributed by atoms with E-state index >= 15 is 0 Å². The lowest BCUT2D eigenvalue weighted by Crippen LogP contribution is -2.21. The quantitative estimate of drug-likeness (QED) is 0.745. The normalized spacial score (nSPS) is 10.3. The summed E-state index contributed by atoms with van der Waals surface area (Å²) in [6.07, 6.45) is 5.10. The van der Waals surface area contributed by atoms with Crippen LogP contribution in [0.4, 0.5) is 11.5 Å². The van der Waals surface area contributed by atoms with Crippen LogP contribution in [0.25, 0.3) is 0 Å². The minimum Gasteiger partial charge on any atom is -0.465 e. The number of carbonyl (C=O) groups excluding carboxylic acids is 2. The Bertz CT molecular complexity index is 781. The molecular weight excluding hydrogens is 356 g/mol. The average molecular weight is 377 g/mol. The molecule has 0 spiro atoms. The van der Waals surface area contributed by atoms with Crippen molar-refractivity contribution in [3.05, 3.63) is 46.9 Å². The molecule has 7 nitrogen and oxygen atoms in total. The van der Waals surface area contributed by atoms with Crippen LogP contribution in [0, 0.1) is 0 Å². The summed E-state index contributed by atoms with van der Waals surface area (Å²) in [5.41, 5.74) is 0.730. The Morgan fingerprint density at radius 2 is 2.04 bits per heavy atom. The van der Waals surface area contributed by atoms with Crippen LogP contribution in [0.5, 0.6) is 0 Å². The van der Waals surface area contributed by atoms with Crippen LogP contribution in [-0.4, -0.2) is 42.5 Å². The van der Waals surface area contributed by atoms with Crippen LogP contribution in [0.1, 0.15) is 40.6 Å². The van der Waals surface area contributed by atoms with Gasteiger partial charge in [0.1, 0.15) is 11.5 Å². The molecule has 0 aliphatic rings. The highest BCUT2D eigenvalue weighted by molar-refractivity contribution is 6.34. The van der Waals surface area contributed by atoms with Gasteiger partial charge in [-0.25, -0.2) is 14.8 Å². The summed E-state index contributed by atoms with van der Waals surface area (Å²) in [5, 5.41) is 2.93. The number of hydrogen-bond acceptors (Lipinski definition) is 6. The fourth-order valence-corrected chi connectivity index (χ4v) is 2.36. The van der Waals surface area contributed by atoms with E-state index < -0.39 is 11.9 Å². The van der Waals surface area contributed by atoms with Crippen LogP contribution >= 0.6 is 11.6 Å². The third-order valence-corrected chi connectivity index (χ3v) is 4.07. The summed E-state index contributed by atoms with van der Waals surface area (Å²) in [6, 6.07) is 4.48. The lowest BCUT2D eigenvalue weighted by molar-refractivity contribution is 0.0600. The van der Waals surface area contributed by atoms with Gasteiger partial charge in [0.25, 0.3) is 5.91 Å². The third kappa shape index (κ3) is 4.92. The van der Waals surface area contributed by atoms with Crippen molar-refractivity contribution in [3.8, 4) is 0 Å². The molecule has 0 saturated carbocycles. The van der Waals surface area contributed by atoms with E-state index in [-0.39, 0.29) is 11.3 Å². The molecule has 0 fully saturated rings. The highest BCUT2D eigenvalue weighted by Gasteiger charge is 2.14. The van der Waals surface area contributed by atoms with E-state index in [0.717, 1.165) is 19.4 Å². The molecule has 0 atom stereocenters. The first kappa shape index (κ1) is 19.7. The number of aromatic nitrogens is 2. The molecule has 0 radical (unpaired) electrons. The Balaban J connectivity index is 2.11. The molecule has 2 aromatic rings. The van der Waals surface area contributed by atoms with E-state index in [9.17, 15) is 9.59 Å². The van der Waals surface area contributed by atoms with Gasteiger partial charge < -0.3 is 15.0 Å². The maximum absolute atomic E-state index is 12.4. The minimum absolute atomic E-state index is 0.150. The van der Waals surface area contributed by atoms with E-state index in [1.54, 1.807) is 6.20 Å². The van der Waals surface area contributed by atoms with Crippen LogP contribution in [0.2, 0.25) is 5.02 Å². The van der Waals surface area contributed by atoms with Crippen molar-refractivity contribution in [1.82, 2.24) is 9.97 Å². The van der Waals surface area contributed by atoms with Gasteiger partial charge in [-0.2, -0.15) is 0 Å². The van der Waals surface area contributed by atoms with E-state index in [0.29, 0.717) is 16.5 Å². The van der Waals surface area contributed by atoms with Gasteiger partial charge in [-0.05, 0) is 24.6 Å². The number of carbonyl (C=O) groups is 2. The van der Waals surface area contributed by atoms with Crippen molar-refractivity contribution < 1.29 is 14.3 Å². The highest BCUT2D eigenvalue weighted by Crippen LogP contribution is 2.24. The smallest absolute Gasteiger partial charge is 0.337 e. The van der Waals surface area contributed by atoms with Gasteiger partial charge in [0, 0.05) is 13.6 Å². The van der Waals surface area contributed by atoms with Gasteiger partial charge in [-0.3, -0.25) is 4.79 Å². The molecule has 1 N–H and O–H groups in total. The fraction of sp³-hybridized carbons (Fsp3) is 0.333. The van der Waals surface area contributed by atoms with Crippen LogP contribution in [0.3, 0.4) is 0 Å². The van der Waals surface area contributed by atoms with Crippen molar-refractivity contribution in [2.75, 3.05) is 30.9 Å². The molecule has 0 saturated heterocycles. The summed E-state index contributed by atoms with van der Waals surface area (Å²) in [6.45, 7) is 2.99. The molecule has 0 aliphatic heterocycles. The number of esters is 1. The molecule has 26 heavy (non-hydrogen) atoms. The van der Waals surface area contributed by atoms with E-state index in [4.69, 9.17) is 11.6 Å². The Hall–Kier alpha value is -2.67. The van der Waals surface area contributed by atoms with Gasteiger partial charge in [0.05, 0.1) is 35.8 Å². The SMILES string of the molecule is CCCCN(C)c1cnc(C(=O)Nc2cc(C(=O)OC)ccc2Cl)cn1. The molecule has 0 aliphatic carbocycles. The summed E-state index contributed by atoms with van der Waals surface area (Å²) < 4.78 is 4.66. The number of unbranched alkanes of at least 4 members (excludes halogenated alkanes) is 1. The van der Waals surface area contributed by atoms with Gasteiger partial charge in [-0.15, -0.1) is 0 Å². The third-order valence-electron chi connectivity index (χ3n) is 3.74. The van der Waals surface area contributed by atoms with Crippen molar-refractivity contribution in [3.63, 3.8) is 0 Å². The number of ether oxygens (including phenoxy) is 1. The predicted octanol–water partition coefficient (Wildman–Crippen LogP) is 3.41. The van der Waals surface area contributed by atoms with Crippen molar-refractivity contribution in [1.29, 1.82) is 0 Å². The average Bonchev–Trinajstić information content (AvgIpc) is 2.67. The molecule has 1 amide bonds. The number of nitrogens with one attached hydrogen (secondary N) is 1. The number of methoxy groups -OCH3 is 1. The van der Waals surface area contributed by atoms with E-state index in [1.807, 2.05) is 11.9 Å². The first-order valence-electron chi connectivity index (χ1n) is 8.18. The van der Waals surface area contributed by atoms with Gasteiger partial charge >= 0.3 is 5.97 Å². The van der Waals surface area contributed by atoms with Crippen LogP contribution in [0.15, 0.2) is 30.6 Å². The number of nitrogens with zero attached hydrogens (tertiary/aromatic N) is 3. The topological polar surface area (TPSA) is 84.4 Å². The van der Waals surface area contributed by atoms with Crippen molar-refractivity contribution in [2.45, 2.75) is 19.8 Å². The zero-order valence-corrected chi connectivity index (χ0v) is 15.7. The lowest BCUT2D eigenvalue weighted by Gasteiger charge is -2.17. The van der Waals surface area contributed by atoms with Gasteiger partial charge in [0.15, 0.2) is 0 Å². The number of halogens is 1. The van der Waals surface area contributed by atoms with E-state index in [2.05, 4.69) is 26.9 Å². The standard InChI is InChI=1S/C18H21ClN4O3/c1-4-5-8-23(2)16-11-20-15(10-21-16)17(24)22-14-9-12(18(25)26-3)6-7-13(14)19/h6-7,9-11H,4-5,8H2,1-3H3,(H,22,24). The molecule has 8 heteroatoms. The second-order valence-corrected chi connectivity index (χ2v) is 6.08. The van der Waals surface area contributed by atoms with Crippen LogP contribution in [-0.2, 0) is 4.74 Å². The van der Waals surface area contributed by atoms with E-state index in [1.165, 1.54) is 31.5 Å². The lowest BCUT2D eigenvalue weighted by atomic mass is 10.2. The highest BCUT2D eigenvalue weighted by atomic mass is 35.5. The van der Waals surface area contributed by atoms with Gasteiger partial charge in [0.2, 0.25) is 0 Å². The predicted molar refractivity (Wildman–Crippen MR) is 101 cm³/mol. The largest absolute Gasteiger partial charge is 0.465 e. The number of anilines is 2. The zero-order chi connectivity index (χ0) is 19.1. The summed E-state index contributed by atoms with van der Waals surface area (Å²) in [5.74, 6) is -0.290. The first-order chi connectivity index (χ1) is 12.5. The monoisotopic (exact) mass is 376 g/mol. The van der Waals surface area contributed by atoms with Gasteiger partial charge in [-0.1, -0.05) is 24.9 Å². The summed E-state index contributed by atoms with van der Waals surface area (Å²) in [4.78, 5) is 34.4. The molecule has 1 heterocycles. The molecule has 1 aromatic carbocycles. The number of benzene rings is 1. The number of amides is 1. The van der Waals surface area contributed by atoms with Crippen LogP contribution < -0.4 is 10.2 Å². The fourth-order valence-electron chi connectivity index (χ4n) is 2.20. The molecular formula is C18H21ClN4O3. The Morgan fingerprint density at radius 1 is 1.27 bits per heavy atom. The molecule has 138 valence electrons. The first-order valence-corrected chi connectivity index (χ1v) is 8.56. The maximum atomic E-state index is 12.4. The molecule has 2 rings (SSSR count). The molecule has 1 aromatic heterocycles. The molecule has 0 unspecified atom stereocenters. The summed E-state index contributed by atoms with van der Waals surface area (Å²) >= 11 is 6.08. The summed E-state index contributed by atoms with van der Waals surface area (Å²) in [7, 11) is 3.21. The number of hydrogen-bond donors (Lipinski definition) is 1. The van der Waals surface area contributed by atoms with Crippen molar-refractivity contribution in [2.24, 2.45) is 0 Å².